The molecule has 0 unspecified atom stereocenters. The largest absolute Gasteiger partial charge is 0.474 e. The van der Waals surface area contributed by atoms with Gasteiger partial charge in [0.25, 0.3) is 11.5 Å². The molecule has 3 heterocycles. The van der Waals surface area contributed by atoms with Crippen LogP contribution in [0.3, 0.4) is 0 Å². The Morgan fingerprint density at radius 1 is 1.09 bits per heavy atom. The van der Waals surface area contributed by atoms with E-state index in [1.54, 1.807) is 37.3 Å². The van der Waals surface area contributed by atoms with E-state index in [0.717, 1.165) is 4.68 Å². The van der Waals surface area contributed by atoms with Crippen molar-refractivity contribution in [2.45, 2.75) is 31.8 Å². The van der Waals surface area contributed by atoms with Crippen LogP contribution < -0.4 is 10.3 Å². The number of aromatic nitrogens is 4. The summed E-state index contributed by atoms with van der Waals surface area (Å²) >= 11 is 0. The van der Waals surface area contributed by atoms with Crippen molar-refractivity contribution in [3.8, 4) is 22.8 Å². The van der Waals surface area contributed by atoms with Crippen LogP contribution in [0.2, 0.25) is 0 Å². The third kappa shape index (κ3) is 3.70. The summed E-state index contributed by atoms with van der Waals surface area (Å²) in [5.74, 6) is -2.98. The summed E-state index contributed by atoms with van der Waals surface area (Å²) in [6.45, 7) is 1.77. The van der Waals surface area contributed by atoms with Gasteiger partial charge in [-0.25, -0.2) is 23.1 Å². The molecule has 0 bridgehead atoms. The molecule has 1 fully saturated rings. The van der Waals surface area contributed by atoms with Crippen LogP contribution in [0, 0.1) is 12.7 Å². The molecule has 0 aliphatic heterocycles. The number of rotatable bonds is 4. The standard InChI is InChI=1S/C23H17F3N4O2/c1-13-2-7-18-20(14-3-5-15(24)6-4-14)29-30(22(31)21(18)28-13)16-8-9-27-19(10-16)32-17-11-23(25,26)12-17/h2-10,17H,11-12H2,1H3. The van der Waals surface area contributed by atoms with E-state index in [-0.39, 0.29) is 24.2 Å². The number of fused-ring (bicyclic) bond motifs is 1. The van der Waals surface area contributed by atoms with Crippen LogP contribution in [-0.4, -0.2) is 31.8 Å². The molecule has 162 valence electrons. The SMILES string of the molecule is Cc1ccc2c(-c3ccc(F)cc3)nn(-c3ccnc(OC4CC(F)(F)C4)c3)c(=O)c2n1. The van der Waals surface area contributed by atoms with E-state index < -0.39 is 23.4 Å². The van der Waals surface area contributed by atoms with E-state index >= 15 is 0 Å². The highest BCUT2D eigenvalue weighted by molar-refractivity contribution is 5.91. The number of hydrogen-bond donors (Lipinski definition) is 0. The molecule has 32 heavy (non-hydrogen) atoms. The monoisotopic (exact) mass is 438 g/mol. The Balaban J connectivity index is 1.63. The van der Waals surface area contributed by atoms with Gasteiger partial charge in [-0.1, -0.05) is 0 Å². The molecule has 0 radical (unpaired) electrons. The summed E-state index contributed by atoms with van der Waals surface area (Å²) in [7, 11) is 0. The summed E-state index contributed by atoms with van der Waals surface area (Å²) < 4.78 is 46.4. The first-order valence-electron chi connectivity index (χ1n) is 9.97. The van der Waals surface area contributed by atoms with Crippen molar-refractivity contribution < 1.29 is 17.9 Å². The summed E-state index contributed by atoms with van der Waals surface area (Å²) in [6, 6.07) is 12.3. The molecule has 1 aromatic carbocycles. The van der Waals surface area contributed by atoms with E-state index in [0.29, 0.717) is 28.0 Å². The molecule has 0 saturated heterocycles. The van der Waals surface area contributed by atoms with Gasteiger partial charge in [-0.3, -0.25) is 4.79 Å². The smallest absolute Gasteiger partial charge is 0.298 e. The molecule has 9 heteroatoms. The fraction of sp³-hybridized carbons (Fsp3) is 0.217. The second-order valence-electron chi connectivity index (χ2n) is 7.78. The lowest BCUT2D eigenvalue weighted by Gasteiger charge is -2.34. The highest BCUT2D eigenvalue weighted by Crippen LogP contribution is 2.39. The second-order valence-corrected chi connectivity index (χ2v) is 7.78. The first-order chi connectivity index (χ1) is 15.3. The van der Waals surface area contributed by atoms with Gasteiger partial charge < -0.3 is 4.74 Å². The minimum absolute atomic E-state index is 0.123. The minimum Gasteiger partial charge on any atom is -0.474 e. The molecular weight excluding hydrogens is 421 g/mol. The Morgan fingerprint density at radius 3 is 2.56 bits per heavy atom. The number of benzene rings is 1. The maximum atomic E-state index is 13.5. The Hall–Kier alpha value is -3.75. The highest BCUT2D eigenvalue weighted by atomic mass is 19.3. The van der Waals surface area contributed by atoms with Gasteiger partial charge in [0.2, 0.25) is 5.88 Å². The lowest BCUT2D eigenvalue weighted by atomic mass is 9.91. The Morgan fingerprint density at radius 2 is 1.84 bits per heavy atom. The Labute approximate surface area is 180 Å². The highest BCUT2D eigenvalue weighted by Gasteiger charge is 2.47. The lowest BCUT2D eigenvalue weighted by molar-refractivity contribution is -0.135. The van der Waals surface area contributed by atoms with E-state index in [1.807, 2.05) is 0 Å². The summed E-state index contributed by atoms with van der Waals surface area (Å²) in [5, 5.41) is 5.05. The molecule has 5 rings (SSSR count). The van der Waals surface area contributed by atoms with Crippen molar-refractivity contribution in [3.63, 3.8) is 0 Å². The summed E-state index contributed by atoms with van der Waals surface area (Å²) in [6.07, 6.45) is 0.0462. The van der Waals surface area contributed by atoms with Gasteiger partial charge in [0.15, 0.2) is 0 Å². The average Bonchev–Trinajstić information content (AvgIpc) is 2.74. The van der Waals surface area contributed by atoms with Crippen molar-refractivity contribution in [1.29, 1.82) is 0 Å². The van der Waals surface area contributed by atoms with Gasteiger partial charge in [0.05, 0.1) is 5.69 Å². The van der Waals surface area contributed by atoms with Crippen molar-refractivity contribution in [3.05, 3.63) is 76.6 Å². The van der Waals surface area contributed by atoms with Crippen molar-refractivity contribution in [1.82, 2.24) is 19.7 Å². The van der Waals surface area contributed by atoms with Crippen molar-refractivity contribution in [2.75, 3.05) is 0 Å². The van der Waals surface area contributed by atoms with Gasteiger partial charge in [-0.15, -0.1) is 0 Å². The number of aryl methyl sites for hydroxylation is 1. The Kier molecular flexibility index (Phi) is 4.69. The van der Waals surface area contributed by atoms with E-state index in [2.05, 4.69) is 15.1 Å². The van der Waals surface area contributed by atoms with Crippen LogP contribution in [-0.2, 0) is 0 Å². The predicted molar refractivity (Wildman–Crippen MR) is 112 cm³/mol. The van der Waals surface area contributed by atoms with Crippen LogP contribution in [0.4, 0.5) is 13.2 Å². The minimum atomic E-state index is -2.72. The second kappa shape index (κ2) is 7.44. The lowest BCUT2D eigenvalue weighted by Crippen LogP contribution is -2.43. The molecule has 4 aromatic rings. The van der Waals surface area contributed by atoms with Gasteiger partial charge in [0, 0.05) is 41.7 Å². The van der Waals surface area contributed by atoms with Gasteiger partial charge in [-0.05, 0) is 49.4 Å². The van der Waals surface area contributed by atoms with E-state index in [4.69, 9.17) is 4.74 Å². The van der Waals surface area contributed by atoms with E-state index in [9.17, 15) is 18.0 Å². The number of halogens is 3. The quantitative estimate of drug-likeness (QED) is 0.470. The van der Waals surface area contributed by atoms with Crippen LogP contribution in [0.15, 0.2) is 59.5 Å². The fourth-order valence-corrected chi connectivity index (χ4v) is 3.66. The molecule has 0 N–H and O–H groups in total. The summed E-state index contributed by atoms with van der Waals surface area (Å²) in [4.78, 5) is 21.7. The molecule has 0 spiro atoms. The molecule has 0 atom stereocenters. The van der Waals surface area contributed by atoms with Gasteiger partial charge in [-0.2, -0.15) is 9.78 Å². The molecule has 3 aromatic heterocycles. The van der Waals surface area contributed by atoms with Crippen LogP contribution in [0.5, 0.6) is 5.88 Å². The van der Waals surface area contributed by atoms with Crippen LogP contribution in [0.25, 0.3) is 27.8 Å². The maximum Gasteiger partial charge on any atom is 0.298 e. The van der Waals surface area contributed by atoms with Gasteiger partial charge in [0.1, 0.15) is 23.1 Å². The Bertz CT molecular complexity index is 1380. The normalized spacial score (nSPS) is 15.5. The predicted octanol–water partition coefficient (Wildman–Crippen LogP) is 4.47. The van der Waals surface area contributed by atoms with Crippen LogP contribution in [0.1, 0.15) is 18.5 Å². The number of pyridine rings is 2. The molecule has 1 saturated carbocycles. The molecule has 0 amide bonds. The zero-order valence-electron chi connectivity index (χ0n) is 16.9. The average molecular weight is 438 g/mol. The van der Waals surface area contributed by atoms with E-state index in [1.165, 1.54) is 24.4 Å². The molecular formula is C23H17F3N4O2. The topological polar surface area (TPSA) is 69.9 Å². The third-order valence-electron chi connectivity index (χ3n) is 5.31. The number of ether oxygens (including phenoxy) is 1. The third-order valence-corrected chi connectivity index (χ3v) is 5.31. The molecule has 1 aliphatic rings. The van der Waals surface area contributed by atoms with Gasteiger partial charge >= 0.3 is 0 Å². The number of hydrogen-bond acceptors (Lipinski definition) is 5. The molecule has 6 nitrogen and oxygen atoms in total. The first-order valence-corrected chi connectivity index (χ1v) is 9.97. The maximum absolute atomic E-state index is 13.5. The zero-order valence-corrected chi connectivity index (χ0v) is 16.9. The fourth-order valence-electron chi connectivity index (χ4n) is 3.66. The van der Waals surface area contributed by atoms with Crippen molar-refractivity contribution >= 4 is 10.9 Å². The van der Waals surface area contributed by atoms with Crippen LogP contribution >= 0.6 is 0 Å². The zero-order chi connectivity index (χ0) is 22.5. The van der Waals surface area contributed by atoms with Crippen molar-refractivity contribution in [2.24, 2.45) is 0 Å². The number of nitrogens with zero attached hydrogens (tertiary/aromatic N) is 4. The first kappa shape index (κ1) is 20.2. The number of alkyl halides is 2. The summed E-state index contributed by atoms with van der Waals surface area (Å²) in [5.41, 5.74) is 1.81. The molecule has 1 aliphatic carbocycles.